The van der Waals surface area contributed by atoms with Crippen molar-refractivity contribution in [1.82, 2.24) is 19.7 Å². The van der Waals surface area contributed by atoms with Crippen LogP contribution in [0, 0.1) is 13.8 Å². The van der Waals surface area contributed by atoms with Gasteiger partial charge in [0.1, 0.15) is 17.7 Å². The quantitative estimate of drug-likeness (QED) is 0.851. The Kier molecular flexibility index (Phi) is 3.97. The van der Waals surface area contributed by atoms with Crippen LogP contribution in [0.3, 0.4) is 0 Å². The van der Waals surface area contributed by atoms with Crippen molar-refractivity contribution in [3.8, 4) is 0 Å². The first-order chi connectivity index (χ1) is 9.47. The lowest BCUT2D eigenvalue weighted by Gasteiger charge is -2.11. The van der Waals surface area contributed by atoms with Gasteiger partial charge in [-0.3, -0.25) is 4.68 Å². The van der Waals surface area contributed by atoms with Crippen molar-refractivity contribution in [1.29, 1.82) is 0 Å². The third-order valence-corrected chi connectivity index (χ3v) is 2.85. The van der Waals surface area contributed by atoms with Crippen molar-refractivity contribution < 1.29 is 9.90 Å². The van der Waals surface area contributed by atoms with Gasteiger partial charge in [-0.05, 0) is 25.5 Å². The molecule has 0 saturated heterocycles. The van der Waals surface area contributed by atoms with E-state index >= 15 is 0 Å². The number of carboxylic acids is 1. The molecule has 0 saturated carbocycles. The van der Waals surface area contributed by atoms with Crippen LogP contribution in [0.5, 0.6) is 0 Å². The summed E-state index contributed by atoms with van der Waals surface area (Å²) in [6, 6.07) is 1.76. The van der Waals surface area contributed by atoms with Gasteiger partial charge in [-0.15, -0.1) is 0 Å². The fourth-order valence-electron chi connectivity index (χ4n) is 2.03. The van der Waals surface area contributed by atoms with E-state index in [-0.39, 0.29) is 5.56 Å². The van der Waals surface area contributed by atoms with Crippen molar-refractivity contribution in [3.05, 3.63) is 35.0 Å². The molecule has 0 aliphatic heterocycles. The molecule has 2 heterocycles. The lowest BCUT2D eigenvalue weighted by Crippen LogP contribution is -2.14. The van der Waals surface area contributed by atoms with E-state index in [4.69, 9.17) is 0 Å². The van der Waals surface area contributed by atoms with E-state index in [0.717, 1.165) is 5.69 Å². The van der Waals surface area contributed by atoms with E-state index in [0.29, 0.717) is 30.2 Å². The maximum Gasteiger partial charge on any atom is 0.339 e. The standard InChI is InChI=1S/C13H17N5O2/c1-8-6-9(2)16-12(11(8)13(19)20)14-5-4-10-15-7-18(3)17-10/h6-7H,4-5H2,1-3H3,(H,14,16)(H,19,20). The molecule has 0 radical (unpaired) electrons. The predicted octanol–water partition coefficient (Wildman–Crippen LogP) is 1.18. The van der Waals surface area contributed by atoms with Gasteiger partial charge in [-0.1, -0.05) is 0 Å². The molecule has 7 nitrogen and oxygen atoms in total. The van der Waals surface area contributed by atoms with Crippen LogP contribution < -0.4 is 5.32 Å². The Balaban J connectivity index is 2.10. The molecule has 0 aliphatic rings. The van der Waals surface area contributed by atoms with Crippen molar-refractivity contribution in [3.63, 3.8) is 0 Å². The third-order valence-electron chi connectivity index (χ3n) is 2.85. The number of nitrogens with zero attached hydrogens (tertiary/aromatic N) is 4. The molecule has 0 spiro atoms. The summed E-state index contributed by atoms with van der Waals surface area (Å²) in [7, 11) is 1.80. The number of aromatic nitrogens is 4. The zero-order valence-electron chi connectivity index (χ0n) is 11.7. The number of rotatable bonds is 5. The second-order valence-electron chi connectivity index (χ2n) is 4.62. The van der Waals surface area contributed by atoms with Crippen LogP contribution in [-0.2, 0) is 13.5 Å². The smallest absolute Gasteiger partial charge is 0.339 e. The van der Waals surface area contributed by atoms with Gasteiger partial charge in [-0.2, -0.15) is 5.10 Å². The van der Waals surface area contributed by atoms with E-state index < -0.39 is 5.97 Å². The van der Waals surface area contributed by atoms with Gasteiger partial charge in [0.15, 0.2) is 5.82 Å². The second kappa shape index (κ2) is 5.68. The van der Waals surface area contributed by atoms with Gasteiger partial charge < -0.3 is 10.4 Å². The second-order valence-corrected chi connectivity index (χ2v) is 4.62. The third kappa shape index (κ3) is 3.11. The number of anilines is 1. The average molecular weight is 275 g/mol. The van der Waals surface area contributed by atoms with E-state index in [1.165, 1.54) is 0 Å². The Hall–Kier alpha value is -2.44. The molecule has 0 unspecified atom stereocenters. The highest BCUT2D eigenvalue weighted by atomic mass is 16.4. The Bertz CT molecular complexity index is 636. The first-order valence-electron chi connectivity index (χ1n) is 6.27. The molecule has 7 heteroatoms. The molecule has 2 N–H and O–H groups in total. The molecular weight excluding hydrogens is 258 g/mol. The van der Waals surface area contributed by atoms with E-state index in [2.05, 4.69) is 20.4 Å². The summed E-state index contributed by atoms with van der Waals surface area (Å²) in [6.45, 7) is 4.13. The zero-order valence-corrected chi connectivity index (χ0v) is 11.7. The summed E-state index contributed by atoms with van der Waals surface area (Å²) in [6.07, 6.45) is 2.24. The number of pyridine rings is 1. The number of hydrogen-bond donors (Lipinski definition) is 2. The van der Waals surface area contributed by atoms with Crippen molar-refractivity contribution >= 4 is 11.8 Å². The number of carbonyl (C=O) groups is 1. The highest BCUT2D eigenvalue weighted by molar-refractivity contribution is 5.94. The first kappa shape index (κ1) is 14.0. The van der Waals surface area contributed by atoms with E-state index in [9.17, 15) is 9.90 Å². The molecule has 106 valence electrons. The number of hydrogen-bond acceptors (Lipinski definition) is 5. The van der Waals surface area contributed by atoms with Crippen LogP contribution in [0.2, 0.25) is 0 Å². The fourth-order valence-corrected chi connectivity index (χ4v) is 2.03. The largest absolute Gasteiger partial charge is 0.478 e. The predicted molar refractivity (Wildman–Crippen MR) is 73.9 cm³/mol. The number of nitrogens with one attached hydrogen (secondary N) is 1. The Morgan fingerprint density at radius 2 is 2.20 bits per heavy atom. The zero-order chi connectivity index (χ0) is 14.7. The number of aryl methyl sites for hydroxylation is 3. The van der Waals surface area contributed by atoms with Gasteiger partial charge in [0.2, 0.25) is 0 Å². The highest BCUT2D eigenvalue weighted by Gasteiger charge is 2.15. The normalized spacial score (nSPS) is 10.6. The molecule has 0 bridgehead atoms. The lowest BCUT2D eigenvalue weighted by molar-refractivity contribution is 0.0697. The summed E-state index contributed by atoms with van der Waals surface area (Å²) in [5, 5.41) is 16.5. The minimum Gasteiger partial charge on any atom is -0.478 e. The van der Waals surface area contributed by atoms with Crippen LogP contribution in [0.15, 0.2) is 12.4 Å². The lowest BCUT2D eigenvalue weighted by atomic mass is 10.1. The van der Waals surface area contributed by atoms with Crippen molar-refractivity contribution in [2.75, 3.05) is 11.9 Å². The summed E-state index contributed by atoms with van der Waals surface area (Å²) in [4.78, 5) is 19.7. The molecule has 20 heavy (non-hydrogen) atoms. The maximum atomic E-state index is 11.3. The van der Waals surface area contributed by atoms with Crippen molar-refractivity contribution in [2.45, 2.75) is 20.3 Å². The molecule has 0 aromatic carbocycles. The minimum atomic E-state index is -0.978. The molecule has 2 aromatic rings. The summed E-state index contributed by atoms with van der Waals surface area (Å²) in [5.41, 5.74) is 1.69. The first-order valence-corrected chi connectivity index (χ1v) is 6.27. The van der Waals surface area contributed by atoms with Gasteiger partial charge >= 0.3 is 5.97 Å². The topological polar surface area (TPSA) is 92.9 Å². The summed E-state index contributed by atoms with van der Waals surface area (Å²) < 4.78 is 1.63. The molecule has 2 rings (SSSR count). The molecule has 0 amide bonds. The summed E-state index contributed by atoms with van der Waals surface area (Å²) in [5.74, 6) is 0.126. The van der Waals surface area contributed by atoms with E-state index in [1.54, 1.807) is 31.0 Å². The minimum absolute atomic E-state index is 0.213. The van der Waals surface area contributed by atoms with Crippen LogP contribution in [0.1, 0.15) is 27.4 Å². The van der Waals surface area contributed by atoms with Crippen LogP contribution >= 0.6 is 0 Å². The molecule has 0 aliphatic carbocycles. The monoisotopic (exact) mass is 275 g/mol. The molecule has 0 fully saturated rings. The van der Waals surface area contributed by atoms with Gasteiger partial charge in [0.25, 0.3) is 0 Å². The van der Waals surface area contributed by atoms with Crippen LogP contribution in [-0.4, -0.2) is 37.4 Å². The SMILES string of the molecule is Cc1cc(C)c(C(=O)O)c(NCCc2ncn(C)n2)n1. The molecule has 0 atom stereocenters. The fraction of sp³-hybridized carbons (Fsp3) is 0.385. The number of aromatic carboxylic acids is 1. The Labute approximate surface area is 116 Å². The van der Waals surface area contributed by atoms with Crippen LogP contribution in [0.4, 0.5) is 5.82 Å². The van der Waals surface area contributed by atoms with Crippen molar-refractivity contribution in [2.24, 2.45) is 7.05 Å². The highest BCUT2D eigenvalue weighted by Crippen LogP contribution is 2.18. The van der Waals surface area contributed by atoms with Gasteiger partial charge in [0.05, 0.1) is 0 Å². The summed E-state index contributed by atoms with van der Waals surface area (Å²) >= 11 is 0. The maximum absolute atomic E-state index is 11.3. The Morgan fingerprint density at radius 1 is 1.45 bits per heavy atom. The molecular formula is C13H17N5O2. The van der Waals surface area contributed by atoms with Gasteiger partial charge in [-0.25, -0.2) is 14.8 Å². The Morgan fingerprint density at radius 3 is 2.80 bits per heavy atom. The van der Waals surface area contributed by atoms with Gasteiger partial charge in [0, 0.05) is 25.7 Å². The van der Waals surface area contributed by atoms with Crippen LogP contribution in [0.25, 0.3) is 0 Å². The average Bonchev–Trinajstić information content (AvgIpc) is 2.73. The molecule has 2 aromatic heterocycles. The number of carboxylic acid groups (broad SMARTS) is 1. The van der Waals surface area contributed by atoms with E-state index in [1.807, 2.05) is 6.92 Å².